The minimum atomic E-state index is -4.50. The fourth-order valence-corrected chi connectivity index (χ4v) is 10.5. The molecule has 86 heavy (non-hydrogen) atoms. The minimum absolute atomic E-state index is 0.0327. The van der Waals surface area contributed by atoms with Gasteiger partial charge in [0.1, 0.15) is 23.0 Å². The normalized spacial score (nSPS) is 11.6. The van der Waals surface area contributed by atoms with Crippen LogP contribution in [-0.2, 0) is 43.6 Å². The first-order valence-corrected chi connectivity index (χ1v) is 30.8. The van der Waals surface area contributed by atoms with Gasteiger partial charge in [-0.15, -0.1) is 0 Å². The molecule has 24 nitrogen and oxygen atoms in total. The molecule has 0 aliphatic carbocycles. The Morgan fingerprint density at radius 1 is 0.558 bits per heavy atom. The number of aromatic nitrogens is 6. The summed E-state index contributed by atoms with van der Waals surface area (Å²) in [6, 6.07) is 11.6. The quantitative estimate of drug-likeness (QED) is 0.0394. The van der Waals surface area contributed by atoms with E-state index in [9.17, 15) is 44.8 Å². The molecule has 0 spiro atoms. The molecule has 28 heteroatoms. The van der Waals surface area contributed by atoms with Gasteiger partial charge in [-0.2, -0.15) is 27.0 Å². The number of aryl methyl sites for hydroxylation is 2. The van der Waals surface area contributed by atoms with Gasteiger partial charge in [0.2, 0.25) is 11.8 Å². The van der Waals surface area contributed by atoms with E-state index in [2.05, 4.69) is 30.8 Å². The number of rotatable bonds is 26. The Hall–Kier alpha value is -8.08. The maximum Gasteiger partial charge on any atom is 0.333 e. The number of nitrogens with one attached hydrogen (secondary N) is 4. The van der Waals surface area contributed by atoms with Crippen molar-refractivity contribution in [2.45, 2.75) is 116 Å². The Labute approximate surface area is 501 Å². The Morgan fingerprint density at radius 3 is 1.23 bits per heavy atom. The summed E-state index contributed by atoms with van der Waals surface area (Å²) < 4.78 is 110. The lowest BCUT2D eigenvalue weighted by Gasteiger charge is -2.21. The molecule has 6 rings (SSSR count). The molecule has 4 N–H and O–H groups in total. The highest BCUT2D eigenvalue weighted by atomic mass is 32.2. The Kier molecular flexibility index (Phi) is 24.6. The maximum atomic E-state index is 14.8. The highest BCUT2D eigenvalue weighted by Gasteiger charge is 2.30. The van der Waals surface area contributed by atoms with Gasteiger partial charge in [-0.25, -0.2) is 37.8 Å². The fourth-order valence-electron chi connectivity index (χ4n) is 8.73. The predicted molar refractivity (Wildman–Crippen MR) is 320 cm³/mol. The summed E-state index contributed by atoms with van der Waals surface area (Å²) in [5.74, 6) is -1.76. The molecule has 4 aromatic heterocycles. The number of hydrogen-bond acceptors (Lipinski definition) is 16. The summed E-state index contributed by atoms with van der Waals surface area (Å²) in [5.41, 5.74) is 3.02. The van der Waals surface area contributed by atoms with Crippen molar-refractivity contribution in [3.05, 3.63) is 107 Å². The highest BCUT2D eigenvalue weighted by molar-refractivity contribution is 7.90. The number of urea groups is 2. The number of pyridine rings is 2. The topological polar surface area (TPSA) is 290 Å². The predicted octanol–water partition coefficient (Wildman–Crippen LogP) is 9.08. The minimum Gasteiger partial charge on any atom is -0.475 e. The zero-order valence-electron chi connectivity index (χ0n) is 50.9. The molecule has 0 fully saturated rings. The zero-order chi connectivity index (χ0) is 63.8. The van der Waals surface area contributed by atoms with Crippen LogP contribution in [0.5, 0.6) is 11.8 Å². The van der Waals surface area contributed by atoms with Crippen molar-refractivity contribution in [3.63, 3.8) is 0 Å². The molecule has 2 aromatic carbocycles. The first kappa shape index (κ1) is 68.7. The van der Waals surface area contributed by atoms with Crippen molar-refractivity contribution in [1.29, 1.82) is 0 Å². The second-order valence-electron chi connectivity index (χ2n) is 20.9. The number of hydrogen-bond donors (Lipinski definition) is 4. The average molecular weight is 1240 g/mol. The fraction of sp³-hybridized carbons (Fsp3) is 0.448. The first-order valence-electron chi connectivity index (χ1n) is 27.8. The van der Waals surface area contributed by atoms with Gasteiger partial charge in [-0.1, -0.05) is 41.5 Å². The van der Waals surface area contributed by atoms with Crippen molar-refractivity contribution >= 4 is 55.3 Å². The molecule has 0 bridgehead atoms. The van der Waals surface area contributed by atoms with E-state index in [1.165, 1.54) is 74.8 Å². The van der Waals surface area contributed by atoms with Crippen molar-refractivity contribution < 1.29 is 63.7 Å². The van der Waals surface area contributed by atoms with Crippen LogP contribution in [0.25, 0.3) is 22.3 Å². The van der Waals surface area contributed by atoms with Crippen LogP contribution in [0.2, 0.25) is 0 Å². The molecule has 0 aliphatic heterocycles. The van der Waals surface area contributed by atoms with Crippen LogP contribution in [0.15, 0.2) is 83.1 Å². The third-order valence-electron chi connectivity index (χ3n) is 12.6. The molecule has 0 saturated carbocycles. The molecule has 6 aromatic rings. The number of benzene rings is 2. The molecule has 0 unspecified atom stereocenters. The number of carbonyl (C=O) groups is 4. The molecular weight excluding hydrogens is 1160 g/mol. The van der Waals surface area contributed by atoms with Gasteiger partial charge in [-0.05, 0) is 111 Å². The van der Waals surface area contributed by atoms with E-state index in [1.807, 2.05) is 78.7 Å². The van der Waals surface area contributed by atoms with E-state index < -0.39 is 65.6 Å². The molecule has 0 saturated heterocycles. The van der Waals surface area contributed by atoms with E-state index in [1.54, 1.807) is 24.3 Å². The molecule has 468 valence electrons. The lowest BCUT2D eigenvalue weighted by molar-refractivity contribution is 0.0679. The third kappa shape index (κ3) is 18.5. The molecule has 0 atom stereocenters. The second-order valence-corrected chi connectivity index (χ2v) is 24.2. The van der Waals surface area contributed by atoms with Gasteiger partial charge in [-0.3, -0.25) is 19.0 Å². The lowest BCUT2D eigenvalue weighted by Crippen LogP contribution is -2.35. The number of anilines is 2. The standard InChI is InChI=1S/2C29H39FN6O6S/c2*1-8-11-36(12-13-41-7)28(37)24-17-26(33-35(24)6)43(39,40)34-29(38)32-27-22(18(2)3)15-21(30)16-23(27)20-9-10-31-25(14-20)42-19(4)5/h2*9-10,14-19H,8,11-13H2,1-7H3,(H2,32,34,38). The number of amides is 6. The van der Waals surface area contributed by atoms with Gasteiger partial charge in [0.05, 0.1) is 36.8 Å². The number of carbonyl (C=O) groups excluding carboxylic acids is 4. The van der Waals surface area contributed by atoms with Crippen molar-refractivity contribution in [3.8, 4) is 34.0 Å². The Morgan fingerprint density at radius 2 is 0.919 bits per heavy atom. The number of methoxy groups -OCH3 is 2. The zero-order valence-corrected chi connectivity index (χ0v) is 52.6. The smallest absolute Gasteiger partial charge is 0.333 e. The maximum absolute atomic E-state index is 14.8. The van der Waals surface area contributed by atoms with Crippen LogP contribution in [0.4, 0.5) is 29.7 Å². The van der Waals surface area contributed by atoms with Gasteiger partial charge in [0.25, 0.3) is 31.9 Å². The summed E-state index contributed by atoms with van der Waals surface area (Å²) in [6.07, 6.45) is 4.07. The Balaban J connectivity index is 0.000000314. The van der Waals surface area contributed by atoms with E-state index in [0.717, 1.165) is 21.5 Å². The number of halogens is 2. The molecule has 6 amide bonds. The number of nitrogens with zero attached hydrogens (tertiary/aromatic N) is 8. The average Bonchev–Trinajstić information content (AvgIpc) is 1.77. The van der Waals surface area contributed by atoms with Crippen LogP contribution in [0.1, 0.15) is 126 Å². The van der Waals surface area contributed by atoms with Gasteiger partial charge >= 0.3 is 12.1 Å². The van der Waals surface area contributed by atoms with E-state index in [-0.39, 0.29) is 46.8 Å². The van der Waals surface area contributed by atoms with Crippen LogP contribution < -0.4 is 29.6 Å². The molecular formula is C58H78F2N12O12S2. The van der Waals surface area contributed by atoms with Gasteiger partial charge in [0.15, 0.2) is 10.1 Å². The molecule has 0 radical (unpaired) electrons. The summed E-state index contributed by atoms with van der Waals surface area (Å²) in [4.78, 5) is 64.0. The van der Waals surface area contributed by atoms with Crippen LogP contribution in [-0.4, -0.2) is 146 Å². The lowest BCUT2D eigenvalue weighted by atomic mass is 9.94. The highest BCUT2D eigenvalue weighted by Crippen LogP contribution is 2.39. The SMILES string of the molecule is CCCN(CCOC)C(=O)c1cc(S(=O)(=O)NC(=O)Nc2c(-c3ccnc(OC(C)C)c3)cc(F)cc2C(C)C)nn1C.CCCN(CCOC)C(=O)c1cc(S(=O)(=O)NC(=O)Nc2c(-c3ccnc(OC(C)C)c3)cc(F)cc2C(C)C)nn1C. The third-order valence-corrected chi connectivity index (χ3v) is 15.1. The molecule has 4 heterocycles. The van der Waals surface area contributed by atoms with Crippen LogP contribution in [0.3, 0.4) is 0 Å². The van der Waals surface area contributed by atoms with Gasteiger partial charge < -0.3 is 39.4 Å². The number of sulfonamides is 2. The summed E-state index contributed by atoms with van der Waals surface area (Å²) in [5, 5.41) is 12.1. The second kappa shape index (κ2) is 30.8. The largest absolute Gasteiger partial charge is 0.475 e. The van der Waals surface area contributed by atoms with E-state index in [0.29, 0.717) is 97.4 Å². The summed E-state index contributed by atoms with van der Waals surface area (Å²) in [6.45, 7) is 20.6. The van der Waals surface area contributed by atoms with Crippen molar-refractivity contribution in [2.24, 2.45) is 14.1 Å². The van der Waals surface area contributed by atoms with Crippen LogP contribution >= 0.6 is 0 Å². The molecule has 0 aliphatic rings. The first-order chi connectivity index (χ1) is 40.5. The number of ether oxygens (including phenoxy) is 4. The Bertz CT molecular complexity index is 3340. The van der Waals surface area contributed by atoms with Crippen molar-refractivity contribution in [2.75, 3.05) is 64.2 Å². The van der Waals surface area contributed by atoms with E-state index in [4.69, 9.17) is 18.9 Å². The van der Waals surface area contributed by atoms with Crippen molar-refractivity contribution in [1.82, 2.24) is 48.8 Å². The van der Waals surface area contributed by atoms with E-state index >= 15 is 0 Å². The summed E-state index contributed by atoms with van der Waals surface area (Å²) in [7, 11) is -3.07. The van der Waals surface area contributed by atoms with Crippen LogP contribution in [0, 0.1) is 11.6 Å². The van der Waals surface area contributed by atoms with Gasteiger partial charge in [0, 0.05) is 102 Å². The monoisotopic (exact) mass is 1240 g/mol. The summed E-state index contributed by atoms with van der Waals surface area (Å²) >= 11 is 0.